The summed E-state index contributed by atoms with van der Waals surface area (Å²) in [5.74, 6) is 0.539. The van der Waals surface area contributed by atoms with E-state index in [1.54, 1.807) is 0 Å². The van der Waals surface area contributed by atoms with Crippen LogP contribution < -0.4 is 5.32 Å². The molecule has 2 aliphatic rings. The van der Waals surface area contributed by atoms with E-state index in [9.17, 15) is 0 Å². The van der Waals surface area contributed by atoms with Crippen LogP contribution in [0.1, 0.15) is 60.8 Å². The predicted octanol–water partition coefficient (Wildman–Crippen LogP) is 3.04. The van der Waals surface area contributed by atoms with E-state index in [4.69, 9.17) is 4.74 Å². The lowest BCUT2D eigenvalue weighted by Crippen LogP contribution is -2.51. The van der Waals surface area contributed by atoms with E-state index in [0.29, 0.717) is 12.0 Å². The maximum Gasteiger partial charge on any atom is 0.0790 e. The molecule has 0 saturated carbocycles. The summed E-state index contributed by atoms with van der Waals surface area (Å²) in [4.78, 5) is 2.74. The van der Waals surface area contributed by atoms with Crippen molar-refractivity contribution in [1.82, 2.24) is 10.2 Å². The van der Waals surface area contributed by atoms with E-state index in [-0.39, 0.29) is 11.2 Å². The fourth-order valence-corrected chi connectivity index (χ4v) is 4.70. The molecule has 2 saturated heterocycles. The molecule has 3 nitrogen and oxygen atoms in total. The normalized spacial score (nSPS) is 40.4. The van der Waals surface area contributed by atoms with Gasteiger partial charge in [0.25, 0.3) is 0 Å². The summed E-state index contributed by atoms with van der Waals surface area (Å²) in [7, 11) is 2.08. The zero-order valence-electron chi connectivity index (χ0n) is 14.5. The van der Waals surface area contributed by atoms with Gasteiger partial charge in [0.1, 0.15) is 0 Å². The quantitative estimate of drug-likeness (QED) is 0.858. The lowest BCUT2D eigenvalue weighted by atomic mass is 9.82. The van der Waals surface area contributed by atoms with Crippen LogP contribution in [0, 0.1) is 5.92 Å². The maximum atomic E-state index is 6.38. The molecular weight excluding hydrogens is 248 g/mol. The van der Waals surface area contributed by atoms with Gasteiger partial charge in [-0.25, -0.2) is 0 Å². The average Bonchev–Trinajstić information content (AvgIpc) is 2.75. The highest BCUT2D eigenvalue weighted by atomic mass is 16.5. The van der Waals surface area contributed by atoms with Crippen molar-refractivity contribution in [1.29, 1.82) is 0 Å². The standard InChI is InChI=1S/C17H34N2O/c1-8-13-10-9-12(2)19(13)11-14-15(18-7)17(5,6)20-16(14,3)4/h12-15,18H,8-11H2,1-7H3. The smallest absolute Gasteiger partial charge is 0.0790 e. The number of nitrogens with one attached hydrogen (secondary N) is 1. The van der Waals surface area contributed by atoms with Crippen molar-refractivity contribution >= 4 is 0 Å². The molecule has 0 aromatic rings. The first-order chi connectivity index (χ1) is 9.23. The third-order valence-corrected chi connectivity index (χ3v) is 5.71. The first-order valence-corrected chi connectivity index (χ1v) is 8.36. The van der Waals surface area contributed by atoms with E-state index < -0.39 is 0 Å². The molecule has 2 heterocycles. The zero-order chi connectivity index (χ0) is 15.1. The molecule has 0 spiro atoms. The summed E-state index contributed by atoms with van der Waals surface area (Å²) in [5, 5.41) is 3.53. The van der Waals surface area contributed by atoms with E-state index in [1.807, 2.05) is 0 Å². The predicted molar refractivity (Wildman–Crippen MR) is 85.1 cm³/mol. The van der Waals surface area contributed by atoms with Crippen molar-refractivity contribution in [2.45, 2.75) is 90.1 Å². The Morgan fingerprint density at radius 2 is 1.80 bits per heavy atom. The number of hydrogen-bond donors (Lipinski definition) is 1. The summed E-state index contributed by atoms with van der Waals surface area (Å²) in [5.41, 5.74) is -0.147. The largest absolute Gasteiger partial charge is 0.368 e. The van der Waals surface area contributed by atoms with Crippen LogP contribution >= 0.6 is 0 Å². The number of hydrogen-bond acceptors (Lipinski definition) is 3. The highest BCUT2D eigenvalue weighted by Crippen LogP contribution is 2.43. The molecule has 118 valence electrons. The highest BCUT2D eigenvalue weighted by Gasteiger charge is 2.54. The topological polar surface area (TPSA) is 24.5 Å². The number of likely N-dealkylation sites (N-methyl/N-ethyl adjacent to an activating group) is 1. The Labute approximate surface area is 125 Å². The molecule has 0 aliphatic carbocycles. The molecule has 0 bridgehead atoms. The number of ether oxygens (including phenoxy) is 1. The van der Waals surface area contributed by atoms with Gasteiger partial charge in [0.2, 0.25) is 0 Å². The lowest BCUT2D eigenvalue weighted by Gasteiger charge is -2.37. The molecule has 2 fully saturated rings. The average molecular weight is 282 g/mol. The van der Waals surface area contributed by atoms with Crippen molar-refractivity contribution in [3.05, 3.63) is 0 Å². The van der Waals surface area contributed by atoms with Gasteiger partial charge in [0.15, 0.2) is 0 Å². The van der Waals surface area contributed by atoms with Gasteiger partial charge in [0, 0.05) is 30.6 Å². The van der Waals surface area contributed by atoms with E-state index in [2.05, 4.69) is 58.8 Å². The molecule has 0 radical (unpaired) electrons. The van der Waals surface area contributed by atoms with E-state index in [1.165, 1.54) is 19.3 Å². The van der Waals surface area contributed by atoms with Crippen LogP contribution in [-0.2, 0) is 4.74 Å². The van der Waals surface area contributed by atoms with Crippen LogP contribution in [-0.4, -0.2) is 47.8 Å². The SMILES string of the molecule is CCC1CCC(C)N1CC1C(NC)C(C)(C)OC1(C)C. The van der Waals surface area contributed by atoms with Gasteiger partial charge in [-0.2, -0.15) is 0 Å². The Bertz CT molecular complexity index is 340. The molecule has 0 aromatic carbocycles. The lowest BCUT2D eigenvalue weighted by molar-refractivity contribution is -0.0801. The van der Waals surface area contributed by atoms with Gasteiger partial charge in [-0.15, -0.1) is 0 Å². The molecule has 4 atom stereocenters. The van der Waals surface area contributed by atoms with E-state index in [0.717, 1.165) is 18.6 Å². The highest BCUT2D eigenvalue weighted by molar-refractivity contribution is 5.06. The van der Waals surface area contributed by atoms with Gasteiger partial charge in [-0.05, 0) is 60.9 Å². The molecule has 2 aliphatic heterocycles. The molecule has 1 N–H and O–H groups in total. The third-order valence-electron chi connectivity index (χ3n) is 5.71. The van der Waals surface area contributed by atoms with E-state index >= 15 is 0 Å². The summed E-state index contributed by atoms with van der Waals surface area (Å²) < 4.78 is 6.38. The summed E-state index contributed by atoms with van der Waals surface area (Å²) in [6.45, 7) is 14.8. The molecule has 2 rings (SSSR count). The molecule has 0 amide bonds. The molecule has 3 heteroatoms. The number of likely N-dealkylation sites (tertiary alicyclic amines) is 1. The van der Waals surface area contributed by atoms with Crippen LogP contribution in [0.15, 0.2) is 0 Å². The minimum absolute atomic E-state index is 0.0578. The molecule has 0 aromatic heterocycles. The summed E-state index contributed by atoms with van der Waals surface area (Å²) in [6, 6.07) is 1.90. The van der Waals surface area contributed by atoms with Crippen molar-refractivity contribution in [2.24, 2.45) is 5.92 Å². The Kier molecular flexibility index (Phi) is 4.54. The van der Waals surface area contributed by atoms with Gasteiger partial charge in [0.05, 0.1) is 11.2 Å². The second-order valence-electron chi connectivity index (χ2n) is 7.87. The first-order valence-electron chi connectivity index (χ1n) is 8.36. The van der Waals surface area contributed by atoms with Crippen LogP contribution in [0.5, 0.6) is 0 Å². The van der Waals surface area contributed by atoms with Crippen LogP contribution in [0.3, 0.4) is 0 Å². The fourth-order valence-electron chi connectivity index (χ4n) is 4.70. The Morgan fingerprint density at radius 1 is 1.15 bits per heavy atom. The van der Waals surface area contributed by atoms with Gasteiger partial charge >= 0.3 is 0 Å². The van der Waals surface area contributed by atoms with Crippen molar-refractivity contribution < 1.29 is 4.74 Å². The summed E-state index contributed by atoms with van der Waals surface area (Å²) in [6.07, 6.45) is 3.98. The summed E-state index contributed by atoms with van der Waals surface area (Å²) >= 11 is 0. The molecule has 20 heavy (non-hydrogen) atoms. The minimum atomic E-state index is -0.0897. The van der Waals surface area contributed by atoms with Crippen molar-refractivity contribution in [2.75, 3.05) is 13.6 Å². The molecular formula is C17H34N2O. The number of nitrogens with zero attached hydrogens (tertiary/aromatic N) is 1. The fraction of sp³-hybridized carbons (Fsp3) is 1.00. The van der Waals surface area contributed by atoms with Gasteiger partial charge in [-0.3, -0.25) is 4.90 Å². The van der Waals surface area contributed by atoms with Crippen molar-refractivity contribution in [3.8, 4) is 0 Å². The van der Waals surface area contributed by atoms with Gasteiger partial charge < -0.3 is 10.1 Å². The zero-order valence-corrected chi connectivity index (χ0v) is 14.5. The molecule has 4 unspecified atom stereocenters. The Morgan fingerprint density at radius 3 is 2.35 bits per heavy atom. The van der Waals surface area contributed by atoms with Gasteiger partial charge in [-0.1, -0.05) is 6.92 Å². The Balaban J connectivity index is 2.17. The third kappa shape index (κ3) is 2.77. The second-order valence-corrected chi connectivity index (χ2v) is 7.87. The van der Waals surface area contributed by atoms with Crippen LogP contribution in [0.25, 0.3) is 0 Å². The maximum absolute atomic E-state index is 6.38. The Hall–Kier alpha value is -0.120. The first kappa shape index (κ1) is 16.3. The second kappa shape index (κ2) is 5.58. The minimum Gasteiger partial charge on any atom is -0.368 e. The monoisotopic (exact) mass is 282 g/mol. The van der Waals surface area contributed by atoms with Crippen LogP contribution in [0.2, 0.25) is 0 Å². The number of rotatable bonds is 4. The van der Waals surface area contributed by atoms with Crippen LogP contribution in [0.4, 0.5) is 0 Å². The van der Waals surface area contributed by atoms with Crippen molar-refractivity contribution in [3.63, 3.8) is 0 Å².